The van der Waals surface area contributed by atoms with Gasteiger partial charge in [-0.2, -0.15) is 5.10 Å². The van der Waals surface area contributed by atoms with Gasteiger partial charge in [0, 0.05) is 5.56 Å². The molecular weight excluding hydrogens is 335 g/mol. The highest BCUT2D eigenvalue weighted by molar-refractivity contribution is 6.38. The predicted molar refractivity (Wildman–Crippen MR) is 93.6 cm³/mol. The molecule has 4 nitrogen and oxygen atoms in total. The van der Waals surface area contributed by atoms with Gasteiger partial charge < -0.3 is 4.74 Å². The molecule has 0 fully saturated rings. The van der Waals surface area contributed by atoms with Crippen molar-refractivity contribution in [1.29, 1.82) is 0 Å². The number of amides is 1. The van der Waals surface area contributed by atoms with Crippen molar-refractivity contribution in [2.24, 2.45) is 5.10 Å². The molecule has 6 heteroatoms. The van der Waals surface area contributed by atoms with Crippen LogP contribution >= 0.6 is 23.2 Å². The quantitative estimate of drug-likeness (QED) is 0.650. The Morgan fingerprint density at radius 1 is 1.17 bits per heavy atom. The second kappa shape index (κ2) is 7.99. The van der Waals surface area contributed by atoms with E-state index in [1.165, 1.54) is 11.8 Å². The van der Waals surface area contributed by atoms with E-state index >= 15 is 0 Å². The summed E-state index contributed by atoms with van der Waals surface area (Å²) in [6, 6.07) is 10.8. The van der Waals surface area contributed by atoms with E-state index in [0.717, 1.165) is 5.56 Å². The van der Waals surface area contributed by atoms with Crippen molar-refractivity contribution in [1.82, 2.24) is 5.43 Å². The molecule has 2 aromatic carbocycles. The van der Waals surface area contributed by atoms with Crippen LogP contribution in [-0.2, 0) is 4.79 Å². The number of benzene rings is 2. The molecule has 0 aliphatic rings. The summed E-state index contributed by atoms with van der Waals surface area (Å²) in [5, 5.41) is 4.75. The van der Waals surface area contributed by atoms with Gasteiger partial charge in [0.25, 0.3) is 5.91 Å². The number of nitrogens with one attached hydrogen (secondary N) is 1. The molecule has 1 N–H and O–H groups in total. The Kier molecular flexibility index (Phi) is 6.02. The lowest BCUT2D eigenvalue weighted by molar-refractivity contribution is -0.123. The largest absolute Gasteiger partial charge is 0.484 e. The molecule has 120 valence electrons. The molecule has 0 spiro atoms. The average Bonchev–Trinajstić information content (AvgIpc) is 2.51. The van der Waals surface area contributed by atoms with Crippen molar-refractivity contribution in [3.63, 3.8) is 0 Å². The maximum atomic E-state index is 11.7. The van der Waals surface area contributed by atoms with Crippen LogP contribution in [0.15, 0.2) is 41.5 Å². The second-order valence-electron chi connectivity index (χ2n) is 4.96. The maximum absolute atomic E-state index is 11.7. The monoisotopic (exact) mass is 350 g/mol. The number of ether oxygens (including phenoxy) is 1. The topological polar surface area (TPSA) is 50.7 Å². The summed E-state index contributed by atoms with van der Waals surface area (Å²) in [5.74, 6) is 0.268. The molecule has 23 heavy (non-hydrogen) atoms. The number of aryl methyl sites for hydroxylation is 2. The van der Waals surface area contributed by atoms with Gasteiger partial charge in [0.2, 0.25) is 0 Å². The number of hydrazone groups is 1. The minimum Gasteiger partial charge on any atom is -0.484 e. The van der Waals surface area contributed by atoms with E-state index in [9.17, 15) is 4.79 Å². The molecule has 0 saturated carbocycles. The van der Waals surface area contributed by atoms with Gasteiger partial charge in [-0.25, -0.2) is 5.43 Å². The maximum Gasteiger partial charge on any atom is 0.277 e. The molecular formula is C17H16Cl2N2O2. The number of hydrogen-bond donors (Lipinski definition) is 1. The highest BCUT2D eigenvalue weighted by Crippen LogP contribution is 2.22. The standard InChI is InChI=1S/C17H16Cl2N2O2/c1-11-6-7-13(8-12(11)2)23-10-17(22)21-20-9-14-15(18)4-3-5-16(14)19/h3-9H,10H2,1-2H3,(H,21,22). The molecule has 2 aromatic rings. The van der Waals surface area contributed by atoms with Crippen LogP contribution in [0.5, 0.6) is 5.75 Å². The zero-order chi connectivity index (χ0) is 16.8. The van der Waals surface area contributed by atoms with Crippen LogP contribution < -0.4 is 10.2 Å². The van der Waals surface area contributed by atoms with Crippen molar-refractivity contribution in [2.45, 2.75) is 13.8 Å². The summed E-state index contributed by atoms with van der Waals surface area (Å²) in [6.07, 6.45) is 1.40. The van der Waals surface area contributed by atoms with Crippen LogP contribution in [0.4, 0.5) is 0 Å². The van der Waals surface area contributed by atoms with Gasteiger partial charge in [-0.1, -0.05) is 35.3 Å². The van der Waals surface area contributed by atoms with Gasteiger partial charge in [0.1, 0.15) is 5.75 Å². The average molecular weight is 351 g/mol. The number of carbonyl (C=O) groups excluding carboxylic acids is 1. The molecule has 0 bridgehead atoms. The molecule has 0 radical (unpaired) electrons. The number of hydrogen-bond acceptors (Lipinski definition) is 3. The molecule has 0 aliphatic heterocycles. The molecule has 0 saturated heterocycles. The van der Waals surface area contributed by atoms with Crippen LogP contribution in [0.2, 0.25) is 10.0 Å². The lowest BCUT2D eigenvalue weighted by Crippen LogP contribution is -2.24. The van der Waals surface area contributed by atoms with Gasteiger partial charge >= 0.3 is 0 Å². The summed E-state index contributed by atoms with van der Waals surface area (Å²) in [6.45, 7) is 3.87. The smallest absolute Gasteiger partial charge is 0.277 e. The van der Waals surface area contributed by atoms with Gasteiger partial charge in [0.15, 0.2) is 6.61 Å². The number of carbonyl (C=O) groups is 1. The van der Waals surface area contributed by atoms with E-state index in [-0.39, 0.29) is 12.5 Å². The fourth-order valence-corrected chi connectivity index (χ4v) is 2.28. The first kappa shape index (κ1) is 17.3. The first-order chi connectivity index (χ1) is 11.0. The van der Waals surface area contributed by atoms with Crippen LogP contribution in [0.3, 0.4) is 0 Å². The summed E-state index contributed by atoms with van der Waals surface area (Å²) >= 11 is 12.0. The van der Waals surface area contributed by atoms with Crippen molar-refractivity contribution in [3.8, 4) is 5.75 Å². The van der Waals surface area contributed by atoms with E-state index < -0.39 is 0 Å². The Morgan fingerprint density at radius 3 is 2.52 bits per heavy atom. The Bertz CT molecular complexity index is 725. The molecule has 0 aliphatic carbocycles. The summed E-state index contributed by atoms with van der Waals surface area (Å²) in [4.78, 5) is 11.7. The van der Waals surface area contributed by atoms with Gasteiger partial charge in [-0.3, -0.25) is 4.79 Å². The van der Waals surface area contributed by atoms with Crippen molar-refractivity contribution >= 4 is 35.3 Å². The minimum absolute atomic E-state index is 0.129. The highest BCUT2D eigenvalue weighted by Gasteiger charge is 2.04. The molecule has 0 unspecified atom stereocenters. The van der Waals surface area contributed by atoms with E-state index in [1.807, 2.05) is 32.0 Å². The Balaban J connectivity index is 1.87. The van der Waals surface area contributed by atoms with Crippen LogP contribution in [0.1, 0.15) is 16.7 Å². The Labute approximate surface area is 145 Å². The molecule has 0 heterocycles. The number of rotatable bonds is 5. The minimum atomic E-state index is -0.373. The van der Waals surface area contributed by atoms with Crippen molar-refractivity contribution in [2.75, 3.05) is 6.61 Å². The van der Waals surface area contributed by atoms with Crippen LogP contribution in [-0.4, -0.2) is 18.7 Å². The van der Waals surface area contributed by atoms with Gasteiger partial charge in [0.05, 0.1) is 16.3 Å². The highest BCUT2D eigenvalue weighted by atomic mass is 35.5. The molecule has 1 amide bonds. The van der Waals surface area contributed by atoms with Gasteiger partial charge in [-0.05, 0) is 49.2 Å². The van der Waals surface area contributed by atoms with E-state index in [0.29, 0.717) is 21.4 Å². The normalized spacial score (nSPS) is 10.8. The lowest BCUT2D eigenvalue weighted by Gasteiger charge is -2.07. The zero-order valence-corrected chi connectivity index (χ0v) is 14.3. The Hall–Kier alpha value is -2.04. The lowest BCUT2D eigenvalue weighted by atomic mass is 10.1. The summed E-state index contributed by atoms with van der Waals surface area (Å²) in [5.41, 5.74) is 5.19. The first-order valence-corrected chi connectivity index (χ1v) is 7.69. The van der Waals surface area contributed by atoms with Crippen LogP contribution in [0.25, 0.3) is 0 Å². The van der Waals surface area contributed by atoms with Crippen LogP contribution in [0, 0.1) is 13.8 Å². The van der Waals surface area contributed by atoms with E-state index in [1.54, 1.807) is 18.2 Å². The fraction of sp³-hybridized carbons (Fsp3) is 0.176. The zero-order valence-electron chi connectivity index (χ0n) is 12.8. The predicted octanol–water partition coefficient (Wildman–Crippen LogP) is 4.14. The van der Waals surface area contributed by atoms with Crippen molar-refractivity contribution < 1.29 is 9.53 Å². The SMILES string of the molecule is Cc1ccc(OCC(=O)NN=Cc2c(Cl)cccc2Cl)cc1C. The Morgan fingerprint density at radius 2 is 1.87 bits per heavy atom. The molecule has 0 atom stereocenters. The fourth-order valence-electron chi connectivity index (χ4n) is 1.79. The second-order valence-corrected chi connectivity index (χ2v) is 5.78. The molecule has 2 rings (SSSR count). The van der Waals surface area contributed by atoms with Crippen molar-refractivity contribution in [3.05, 3.63) is 63.1 Å². The number of halogens is 2. The number of nitrogens with zero attached hydrogens (tertiary/aromatic N) is 1. The molecule has 0 aromatic heterocycles. The van der Waals surface area contributed by atoms with E-state index in [4.69, 9.17) is 27.9 Å². The third-order valence-electron chi connectivity index (χ3n) is 3.23. The summed E-state index contributed by atoms with van der Waals surface area (Å²) in [7, 11) is 0. The van der Waals surface area contributed by atoms with Gasteiger partial charge in [-0.15, -0.1) is 0 Å². The van der Waals surface area contributed by atoms with E-state index in [2.05, 4.69) is 10.5 Å². The summed E-state index contributed by atoms with van der Waals surface area (Å²) < 4.78 is 5.42. The third-order valence-corrected chi connectivity index (χ3v) is 3.89. The first-order valence-electron chi connectivity index (χ1n) is 6.93. The third kappa shape index (κ3) is 4.98.